The van der Waals surface area contributed by atoms with E-state index in [0.717, 1.165) is 31.2 Å². The first-order valence-electron chi connectivity index (χ1n) is 6.92. The zero-order valence-electron chi connectivity index (χ0n) is 11.6. The van der Waals surface area contributed by atoms with E-state index in [1.54, 1.807) is 6.07 Å². The van der Waals surface area contributed by atoms with Crippen LogP contribution in [0.1, 0.15) is 31.2 Å². The second-order valence-corrected chi connectivity index (χ2v) is 5.26. The number of nitrogens with one attached hydrogen (secondary N) is 1. The summed E-state index contributed by atoms with van der Waals surface area (Å²) < 4.78 is 0. The van der Waals surface area contributed by atoms with E-state index in [4.69, 9.17) is 5.11 Å². The van der Waals surface area contributed by atoms with E-state index in [1.165, 1.54) is 4.90 Å². The van der Waals surface area contributed by atoms with E-state index in [0.29, 0.717) is 5.69 Å². The minimum atomic E-state index is -0.976. The molecule has 1 fully saturated rings. The Morgan fingerprint density at radius 2 is 2.05 bits per heavy atom. The van der Waals surface area contributed by atoms with E-state index in [-0.39, 0.29) is 18.6 Å². The van der Waals surface area contributed by atoms with Crippen molar-refractivity contribution in [2.45, 2.75) is 38.6 Å². The first kappa shape index (κ1) is 14.4. The van der Waals surface area contributed by atoms with Crippen molar-refractivity contribution in [1.29, 1.82) is 0 Å². The van der Waals surface area contributed by atoms with Gasteiger partial charge in [-0.2, -0.15) is 0 Å². The van der Waals surface area contributed by atoms with E-state index < -0.39 is 5.97 Å². The van der Waals surface area contributed by atoms with E-state index in [1.807, 2.05) is 25.1 Å². The minimum absolute atomic E-state index is 0.0379. The van der Waals surface area contributed by atoms with Gasteiger partial charge >= 0.3 is 12.0 Å². The van der Waals surface area contributed by atoms with Crippen LogP contribution in [-0.4, -0.2) is 34.6 Å². The zero-order chi connectivity index (χ0) is 14.5. The molecule has 108 valence electrons. The average molecular weight is 276 g/mol. The Bertz CT molecular complexity index is 496. The number of carboxylic acids is 1. The topological polar surface area (TPSA) is 69.6 Å². The fourth-order valence-electron chi connectivity index (χ4n) is 2.65. The summed E-state index contributed by atoms with van der Waals surface area (Å²) in [5, 5.41) is 11.8. The lowest BCUT2D eigenvalue weighted by molar-refractivity contribution is -0.138. The summed E-state index contributed by atoms with van der Waals surface area (Å²) in [7, 11) is 0. The smallest absolute Gasteiger partial charge is 0.323 e. The molecule has 0 bridgehead atoms. The maximum absolute atomic E-state index is 12.3. The molecule has 1 aromatic carbocycles. The molecular weight excluding hydrogens is 256 g/mol. The summed E-state index contributed by atoms with van der Waals surface area (Å²) in [6.07, 6.45) is 3.88. The van der Waals surface area contributed by atoms with Crippen LogP contribution >= 0.6 is 0 Å². The quantitative estimate of drug-likeness (QED) is 0.888. The summed E-state index contributed by atoms with van der Waals surface area (Å²) >= 11 is 0. The van der Waals surface area contributed by atoms with Crippen LogP contribution in [0.3, 0.4) is 0 Å². The second kappa shape index (κ2) is 6.41. The van der Waals surface area contributed by atoms with Crippen LogP contribution in [0.4, 0.5) is 10.5 Å². The predicted octanol–water partition coefficient (Wildman–Crippen LogP) is 2.86. The van der Waals surface area contributed by atoms with Crippen LogP contribution in [0.2, 0.25) is 0 Å². The van der Waals surface area contributed by atoms with Crippen LogP contribution in [0.5, 0.6) is 0 Å². The van der Waals surface area contributed by atoms with Gasteiger partial charge in [-0.1, -0.05) is 25.0 Å². The van der Waals surface area contributed by atoms with Crippen LogP contribution in [0.25, 0.3) is 0 Å². The molecule has 5 heteroatoms. The minimum Gasteiger partial charge on any atom is -0.480 e. The molecule has 5 nitrogen and oxygen atoms in total. The van der Waals surface area contributed by atoms with Crippen LogP contribution in [0.15, 0.2) is 24.3 Å². The number of carbonyl (C=O) groups excluding carboxylic acids is 1. The van der Waals surface area contributed by atoms with Crippen molar-refractivity contribution in [3.63, 3.8) is 0 Å². The number of benzene rings is 1. The lowest BCUT2D eigenvalue weighted by Crippen LogP contribution is -2.44. The number of rotatable bonds is 4. The molecule has 1 aliphatic rings. The fraction of sp³-hybridized carbons (Fsp3) is 0.467. The van der Waals surface area contributed by atoms with Crippen LogP contribution < -0.4 is 5.32 Å². The van der Waals surface area contributed by atoms with Crippen molar-refractivity contribution in [2.24, 2.45) is 0 Å². The van der Waals surface area contributed by atoms with Gasteiger partial charge in [0.2, 0.25) is 0 Å². The van der Waals surface area contributed by atoms with E-state index in [9.17, 15) is 9.59 Å². The summed E-state index contributed by atoms with van der Waals surface area (Å²) in [6, 6.07) is 7.19. The van der Waals surface area contributed by atoms with Gasteiger partial charge in [0.1, 0.15) is 6.54 Å². The Hall–Kier alpha value is -2.04. The molecule has 0 spiro atoms. The van der Waals surface area contributed by atoms with Gasteiger partial charge in [-0.15, -0.1) is 0 Å². The van der Waals surface area contributed by atoms with Gasteiger partial charge in [0.05, 0.1) is 0 Å². The fourth-order valence-corrected chi connectivity index (χ4v) is 2.65. The molecule has 1 saturated carbocycles. The molecule has 0 radical (unpaired) electrons. The third-order valence-electron chi connectivity index (χ3n) is 3.60. The Morgan fingerprint density at radius 1 is 1.35 bits per heavy atom. The standard InChI is InChI=1S/C15H20N2O3/c1-11-5-4-6-12(9-11)16-15(20)17(10-14(18)19)13-7-2-3-8-13/h4-6,9,13H,2-3,7-8,10H2,1H3,(H,16,20)(H,18,19). The average Bonchev–Trinajstić information content (AvgIpc) is 2.89. The van der Waals surface area contributed by atoms with Crippen molar-refractivity contribution >= 4 is 17.7 Å². The predicted molar refractivity (Wildman–Crippen MR) is 76.8 cm³/mol. The molecular formula is C15H20N2O3. The van der Waals surface area contributed by atoms with E-state index >= 15 is 0 Å². The number of hydrogen-bond donors (Lipinski definition) is 2. The Balaban J connectivity index is 2.07. The maximum atomic E-state index is 12.3. The lowest BCUT2D eigenvalue weighted by atomic mass is 10.2. The molecule has 2 N–H and O–H groups in total. The molecule has 0 heterocycles. The summed E-state index contributed by atoms with van der Waals surface area (Å²) in [6.45, 7) is 1.70. The number of carbonyl (C=O) groups is 2. The Kier molecular flexibility index (Phi) is 4.61. The molecule has 20 heavy (non-hydrogen) atoms. The van der Waals surface area contributed by atoms with Gasteiger partial charge in [0.15, 0.2) is 0 Å². The lowest BCUT2D eigenvalue weighted by Gasteiger charge is -2.27. The van der Waals surface area contributed by atoms with Gasteiger partial charge in [0, 0.05) is 11.7 Å². The van der Waals surface area contributed by atoms with Crippen LogP contribution in [0, 0.1) is 6.92 Å². The molecule has 0 aliphatic heterocycles. The first-order valence-corrected chi connectivity index (χ1v) is 6.92. The maximum Gasteiger partial charge on any atom is 0.323 e. The Morgan fingerprint density at radius 3 is 2.65 bits per heavy atom. The molecule has 2 rings (SSSR count). The summed E-state index contributed by atoms with van der Waals surface area (Å²) in [5.41, 5.74) is 1.75. The number of aryl methyl sites for hydroxylation is 1. The van der Waals surface area contributed by atoms with Crippen molar-refractivity contribution in [3.05, 3.63) is 29.8 Å². The zero-order valence-corrected chi connectivity index (χ0v) is 11.6. The molecule has 0 saturated heterocycles. The molecule has 1 aliphatic carbocycles. The first-order chi connectivity index (χ1) is 9.56. The third kappa shape index (κ3) is 3.73. The number of amides is 2. The van der Waals surface area contributed by atoms with Gasteiger partial charge < -0.3 is 15.3 Å². The highest BCUT2D eigenvalue weighted by molar-refractivity contribution is 5.91. The number of carboxylic acid groups (broad SMARTS) is 1. The molecule has 0 atom stereocenters. The normalized spacial score (nSPS) is 15.1. The van der Waals surface area contributed by atoms with Crippen molar-refractivity contribution in [1.82, 2.24) is 4.90 Å². The molecule has 1 aromatic rings. The monoisotopic (exact) mass is 276 g/mol. The van der Waals surface area contributed by atoms with Gasteiger partial charge in [-0.3, -0.25) is 4.79 Å². The number of aliphatic carboxylic acids is 1. The van der Waals surface area contributed by atoms with Crippen LogP contribution in [-0.2, 0) is 4.79 Å². The highest BCUT2D eigenvalue weighted by atomic mass is 16.4. The molecule has 0 aromatic heterocycles. The number of urea groups is 1. The number of anilines is 1. The van der Waals surface area contributed by atoms with Crippen molar-refractivity contribution < 1.29 is 14.7 Å². The van der Waals surface area contributed by atoms with Gasteiger partial charge in [-0.25, -0.2) is 4.79 Å². The highest BCUT2D eigenvalue weighted by Crippen LogP contribution is 2.24. The van der Waals surface area contributed by atoms with E-state index in [2.05, 4.69) is 5.32 Å². The van der Waals surface area contributed by atoms with Gasteiger partial charge in [0.25, 0.3) is 0 Å². The van der Waals surface area contributed by atoms with Gasteiger partial charge in [-0.05, 0) is 37.5 Å². The highest BCUT2D eigenvalue weighted by Gasteiger charge is 2.28. The largest absolute Gasteiger partial charge is 0.480 e. The number of hydrogen-bond acceptors (Lipinski definition) is 2. The van der Waals surface area contributed by atoms with Crippen molar-refractivity contribution in [3.8, 4) is 0 Å². The third-order valence-corrected chi connectivity index (χ3v) is 3.60. The molecule has 0 unspecified atom stereocenters. The number of nitrogens with zero attached hydrogens (tertiary/aromatic N) is 1. The summed E-state index contributed by atoms with van der Waals surface area (Å²) in [4.78, 5) is 24.7. The summed E-state index contributed by atoms with van der Waals surface area (Å²) in [5.74, 6) is -0.976. The molecule has 2 amide bonds. The van der Waals surface area contributed by atoms with Crippen molar-refractivity contribution in [2.75, 3.05) is 11.9 Å². The SMILES string of the molecule is Cc1cccc(NC(=O)N(CC(=O)O)C2CCCC2)c1. The Labute approximate surface area is 118 Å². The second-order valence-electron chi connectivity index (χ2n) is 5.26.